The van der Waals surface area contributed by atoms with Gasteiger partial charge in [-0.2, -0.15) is 0 Å². The van der Waals surface area contributed by atoms with Crippen LogP contribution in [0.5, 0.6) is 0 Å². The molecule has 0 radical (unpaired) electrons. The van der Waals surface area contributed by atoms with Crippen molar-refractivity contribution >= 4 is 0 Å². The minimum absolute atomic E-state index is 0.130. The van der Waals surface area contributed by atoms with E-state index < -0.39 is 0 Å². The van der Waals surface area contributed by atoms with Crippen LogP contribution in [0.4, 0.5) is 0 Å². The van der Waals surface area contributed by atoms with Gasteiger partial charge in [-0.05, 0) is 79.7 Å². The van der Waals surface area contributed by atoms with Crippen LogP contribution in [0.25, 0.3) is 0 Å². The second-order valence-corrected chi connectivity index (χ2v) is 9.86. The number of hydrogen-bond acceptors (Lipinski definition) is 0. The van der Waals surface area contributed by atoms with Gasteiger partial charge in [0.15, 0.2) is 0 Å². The molecule has 0 heterocycles. The van der Waals surface area contributed by atoms with Gasteiger partial charge in [0.25, 0.3) is 0 Å². The third-order valence-electron chi connectivity index (χ3n) is 6.04. The van der Waals surface area contributed by atoms with Crippen LogP contribution < -0.4 is 0 Å². The van der Waals surface area contributed by atoms with Crippen molar-refractivity contribution in [2.75, 3.05) is 0 Å². The topological polar surface area (TPSA) is 0 Å². The summed E-state index contributed by atoms with van der Waals surface area (Å²) in [6, 6.07) is 0. The Morgan fingerprint density at radius 2 is 2.00 bits per heavy atom. The average Bonchev–Trinajstić information content (AvgIpc) is 2.96. The van der Waals surface area contributed by atoms with Gasteiger partial charge in [-0.25, -0.2) is 0 Å². The average molecular weight is 383 g/mol. The van der Waals surface area contributed by atoms with E-state index in [9.17, 15) is 0 Å². The second kappa shape index (κ2) is 8.08. The molecule has 0 saturated carbocycles. The lowest BCUT2D eigenvalue weighted by Crippen LogP contribution is -2.10. The molecule has 0 aromatic carbocycles. The fraction of sp³-hybridized carbons (Fsp3) is 0.379. The fourth-order valence-corrected chi connectivity index (χ4v) is 4.18. The monoisotopic (exact) mass is 382 g/mol. The fourth-order valence-electron chi connectivity index (χ4n) is 4.18. The van der Waals surface area contributed by atoms with Crippen molar-refractivity contribution in [3.63, 3.8) is 0 Å². The lowest BCUT2D eigenvalue weighted by Gasteiger charge is -2.24. The van der Waals surface area contributed by atoms with E-state index in [1.54, 1.807) is 0 Å². The quantitative estimate of drug-likeness (QED) is 0.433. The molecule has 0 amide bonds. The molecule has 0 fully saturated rings. The lowest BCUT2D eigenvalue weighted by molar-refractivity contribution is 0.472. The van der Waals surface area contributed by atoms with Gasteiger partial charge < -0.3 is 0 Å². The van der Waals surface area contributed by atoms with E-state index in [-0.39, 0.29) is 10.8 Å². The van der Waals surface area contributed by atoms with Gasteiger partial charge in [-0.15, -0.1) is 6.42 Å². The first-order chi connectivity index (χ1) is 13.6. The van der Waals surface area contributed by atoms with Crippen LogP contribution in [-0.2, 0) is 0 Å². The normalized spacial score (nSPS) is 21.5. The molecule has 29 heavy (non-hydrogen) atoms. The van der Waals surface area contributed by atoms with Gasteiger partial charge in [0, 0.05) is 5.41 Å². The SMILES string of the molecule is C#CC(C)(C)/C=C\C1=C(C)CCC(C(=C)C2=CC(C)(C)CC3=CC2=CC=CC3)=C1. The van der Waals surface area contributed by atoms with Crippen LogP contribution in [0.1, 0.15) is 60.3 Å². The van der Waals surface area contributed by atoms with Crippen molar-refractivity contribution in [1.82, 2.24) is 0 Å². The highest BCUT2D eigenvalue weighted by atomic mass is 14.3. The van der Waals surface area contributed by atoms with Gasteiger partial charge in [0.1, 0.15) is 0 Å². The molecule has 0 aromatic rings. The minimum atomic E-state index is -0.234. The van der Waals surface area contributed by atoms with Crippen LogP contribution in [0.2, 0.25) is 0 Å². The van der Waals surface area contributed by atoms with E-state index in [0.29, 0.717) is 0 Å². The van der Waals surface area contributed by atoms with Gasteiger partial charge in [0.05, 0.1) is 0 Å². The highest BCUT2D eigenvalue weighted by Gasteiger charge is 2.25. The first-order valence-corrected chi connectivity index (χ1v) is 10.7. The van der Waals surface area contributed by atoms with Crippen LogP contribution in [-0.4, -0.2) is 0 Å². The molecule has 0 atom stereocenters. The number of fused-ring (bicyclic) bond motifs is 1. The van der Waals surface area contributed by atoms with Gasteiger partial charge in [0.2, 0.25) is 0 Å². The summed E-state index contributed by atoms with van der Waals surface area (Å²) in [5, 5.41) is 0. The third kappa shape index (κ3) is 5.10. The third-order valence-corrected chi connectivity index (χ3v) is 6.04. The Bertz CT molecular complexity index is 966. The Labute approximate surface area is 177 Å². The zero-order valence-corrected chi connectivity index (χ0v) is 18.7. The van der Waals surface area contributed by atoms with Crippen molar-refractivity contribution in [2.24, 2.45) is 10.8 Å². The first kappa shape index (κ1) is 21.2. The Kier molecular flexibility index (Phi) is 5.90. The molecule has 3 aliphatic rings. The van der Waals surface area contributed by atoms with Crippen molar-refractivity contribution in [2.45, 2.75) is 60.3 Å². The standard InChI is InChI=1S/C29H34/c1-8-28(4,5)16-15-24-18-25(14-13-21(24)2)22(3)27-20-29(6,7)19-23-11-9-10-12-26(27)17-23/h1,9-10,12,15-18,20H,3,11,13-14,19H2,2,4-7H3/b16-15-. The van der Waals surface area contributed by atoms with Crippen LogP contribution >= 0.6 is 0 Å². The molecule has 3 rings (SSSR count). The highest BCUT2D eigenvalue weighted by Crippen LogP contribution is 2.42. The molecule has 150 valence electrons. The molecule has 0 aromatic heterocycles. The molecule has 0 unspecified atom stereocenters. The molecule has 2 bridgehead atoms. The highest BCUT2D eigenvalue weighted by molar-refractivity contribution is 5.63. The largest absolute Gasteiger partial charge is 0.119 e. The van der Waals surface area contributed by atoms with Crippen LogP contribution in [0.15, 0.2) is 94.2 Å². The summed E-state index contributed by atoms with van der Waals surface area (Å²) in [6.45, 7) is 15.6. The maximum absolute atomic E-state index is 5.66. The number of allylic oxidation sites excluding steroid dienone is 15. The minimum Gasteiger partial charge on any atom is -0.119 e. The van der Waals surface area contributed by atoms with E-state index in [4.69, 9.17) is 6.42 Å². The number of terminal acetylenes is 1. The lowest BCUT2D eigenvalue weighted by atomic mass is 9.80. The Morgan fingerprint density at radius 3 is 2.72 bits per heavy atom. The Hall–Kier alpha value is -2.52. The van der Waals surface area contributed by atoms with Crippen molar-refractivity contribution in [1.29, 1.82) is 0 Å². The summed E-state index contributed by atoms with van der Waals surface area (Å²) >= 11 is 0. The maximum Gasteiger partial charge on any atom is 0.0438 e. The molecule has 3 aliphatic carbocycles. The smallest absolute Gasteiger partial charge is 0.0438 e. The molecular formula is C29H34. The van der Waals surface area contributed by atoms with Crippen molar-refractivity contribution in [3.05, 3.63) is 94.2 Å². The summed E-state index contributed by atoms with van der Waals surface area (Å²) in [4.78, 5) is 0. The van der Waals surface area contributed by atoms with E-state index in [1.165, 1.54) is 33.4 Å². The number of hydrogen-bond donors (Lipinski definition) is 0. The zero-order chi connectivity index (χ0) is 21.2. The summed E-state index contributed by atoms with van der Waals surface area (Å²) in [5.74, 6) is 2.85. The predicted molar refractivity (Wildman–Crippen MR) is 127 cm³/mol. The summed E-state index contributed by atoms with van der Waals surface area (Å²) < 4.78 is 0. The molecule has 0 nitrogen and oxygen atoms in total. The first-order valence-electron chi connectivity index (χ1n) is 10.7. The molecule has 0 aliphatic heterocycles. The molecule has 0 N–H and O–H groups in total. The van der Waals surface area contributed by atoms with Gasteiger partial charge >= 0.3 is 0 Å². The second-order valence-electron chi connectivity index (χ2n) is 9.86. The molecular weight excluding hydrogens is 348 g/mol. The van der Waals surface area contributed by atoms with E-state index in [2.05, 4.69) is 95.7 Å². The molecule has 0 saturated heterocycles. The zero-order valence-electron chi connectivity index (χ0n) is 18.7. The van der Waals surface area contributed by atoms with E-state index >= 15 is 0 Å². The van der Waals surface area contributed by atoms with Gasteiger partial charge in [-0.3, -0.25) is 0 Å². The maximum atomic E-state index is 5.66. The molecule has 0 heteroatoms. The van der Waals surface area contributed by atoms with Crippen LogP contribution in [0.3, 0.4) is 0 Å². The summed E-state index contributed by atoms with van der Waals surface area (Å²) in [6.07, 6.45) is 28.1. The van der Waals surface area contributed by atoms with E-state index in [1.807, 2.05) is 0 Å². The number of rotatable bonds is 4. The van der Waals surface area contributed by atoms with Crippen LogP contribution in [0, 0.1) is 23.2 Å². The van der Waals surface area contributed by atoms with Crippen molar-refractivity contribution in [3.8, 4) is 12.3 Å². The Balaban J connectivity index is 1.98. The summed E-state index contributed by atoms with van der Waals surface area (Å²) in [7, 11) is 0. The summed E-state index contributed by atoms with van der Waals surface area (Å²) in [5.41, 5.74) is 9.16. The van der Waals surface area contributed by atoms with Crippen molar-refractivity contribution < 1.29 is 0 Å². The van der Waals surface area contributed by atoms with Gasteiger partial charge in [-0.1, -0.05) is 86.1 Å². The predicted octanol–water partition coefficient (Wildman–Crippen LogP) is 7.96. The van der Waals surface area contributed by atoms with E-state index in [0.717, 1.165) is 31.3 Å². The Morgan fingerprint density at radius 1 is 1.24 bits per heavy atom. The molecule has 0 spiro atoms.